The van der Waals surface area contributed by atoms with Gasteiger partial charge in [0.05, 0.1) is 12.6 Å². The SMILES string of the molecule is C[C@@H](C(=O)Nc1ccc(Cl)cc1)N1CCCN(CC(=O)NC(C)(C)C)CC1. The number of nitrogens with zero attached hydrogens (tertiary/aromatic N) is 2. The van der Waals surface area contributed by atoms with Crippen molar-refractivity contribution in [2.75, 3.05) is 38.0 Å². The number of hydrogen-bond donors (Lipinski definition) is 2. The standard InChI is InChI=1S/C20H31ClN4O2/c1-15(19(27)22-17-8-6-16(21)7-9-17)25-11-5-10-24(12-13-25)14-18(26)23-20(2,3)4/h6-9,15H,5,10-14H2,1-4H3,(H,22,27)(H,23,26)/t15-/m0/s1. The molecule has 150 valence electrons. The summed E-state index contributed by atoms with van der Waals surface area (Å²) in [5.74, 6) is 0.0146. The summed E-state index contributed by atoms with van der Waals surface area (Å²) in [5.41, 5.74) is 0.523. The molecule has 0 bridgehead atoms. The summed E-state index contributed by atoms with van der Waals surface area (Å²) in [6.07, 6.45) is 0.932. The van der Waals surface area contributed by atoms with Gasteiger partial charge in [-0.1, -0.05) is 11.6 Å². The Labute approximate surface area is 167 Å². The van der Waals surface area contributed by atoms with Gasteiger partial charge in [-0.2, -0.15) is 0 Å². The van der Waals surface area contributed by atoms with Gasteiger partial charge in [0, 0.05) is 35.9 Å². The minimum atomic E-state index is -0.232. The van der Waals surface area contributed by atoms with Crippen molar-refractivity contribution in [3.8, 4) is 0 Å². The first-order valence-corrected chi connectivity index (χ1v) is 9.86. The van der Waals surface area contributed by atoms with Crippen LogP contribution in [0.1, 0.15) is 34.1 Å². The second-order valence-corrected chi connectivity index (χ2v) is 8.57. The molecule has 0 unspecified atom stereocenters. The number of carbonyl (C=O) groups excluding carboxylic acids is 2. The maximum Gasteiger partial charge on any atom is 0.241 e. The first kappa shape index (κ1) is 21.7. The van der Waals surface area contributed by atoms with Gasteiger partial charge in [-0.05, 0) is 64.9 Å². The van der Waals surface area contributed by atoms with E-state index in [1.807, 2.05) is 27.7 Å². The number of amides is 2. The van der Waals surface area contributed by atoms with E-state index in [1.54, 1.807) is 24.3 Å². The van der Waals surface area contributed by atoms with E-state index in [-0.39, 0.29) is 23.4 Å². The molecular weight excluding hydrogens is 364 g/mol. The molecule has 2 N–H and O–H groups in total. The fourth-order valence-electron chi connectivity index (χ4n) is 3.14. The van der Waals surface area contributed by atoms with Gasteiger partial charge in [0.2, 0.25) is 11.8 Å². The highest BCUT2D eigenvalue weighted by Gasteiger charge is 2.25. The molecule has 1 heterocycles. The van der Waals surface area contributed by atoms with Gasteiger partial charge < -0.3 is 10.6 Å². The number of anilines is 1. The van der Waals surface area contributed by atoms with E-state index < -0.39 is 0 Å². The van der Waals surface area contributed by atoms with Crippen LogP contribution in [-0.4, -0.2) is 65.9 Å². The number of rotatable bonds is 5. The largest absolute Gasteiger partial charge is 0.350 e. The normalized spacial score (nSPS) is 17.8. The highest BCUT2D eigenvalue weighted by Crippen LogP contribution is 2.15. The number of halogens is 1. The lowest BCUT2D eigenvalue weighted by Gasteiger charge is -2.27. The minimum Gasteiger partial charge on any atom is -0.350 e. The van der Waals surface area contributed by atoms with Crippen molar-refractivity contribution in [1.29, 1.82) is 0 Å². The summed E-state index contributed by atoms with van der Waals surface area (Å²) < 4.78 is 0. The Balaban J connectivity index is 1.84. The Morgan fingerprint density at radius 3 is 2.41 bits per heavy atom. The third-order valence-corrected chi connectivity index (χ3v) is 4.80. The number of benzene rings is 1. The van der Waals surface area contributed by atoms with Crippen LogP contribution < -0.4 is 10.6 Å². The Morgan fingerprint density at radius 1 is 1.11 bits per heavy atom. The van der Waals surface area contributed by atoms with Crippen LogP contribution in [0, 0.1) is 0 Å². The van der Waals surface area contributed by atoms with Crippen molar-refractivity contribution in [2.24, 2.45) is 0 Å². The molecule has 1 aromatic carbocycles. The smallest absolute Gasteiger partial charge is 0.241 e. The van der Waals surface area contributed by atoms with Gasteiger partial charge in [-0.15, -0.1) is 0 Å². The van der Waals surface area contributed by atoms with Crippen LogP contribution in [0.25, 0.3) is 0 Å². The molecule has 6 nitrogen and oxygen atoms in total. The molecule has 1 saturated heterocycles. The van der Waals surface area contributed by atoms with Gasteiger partial charge in [-0.25, -0.2) is 0 Å². The van der Waals surface area contributed by atoms with Crippen molar-refractivity contribution in [3.63, 3.8) is 0 Å². The molecule has 0 aromatic heterocycles. The maximum absolute atomic E-state index is 12.6. The summed E-state index contributed by atoms with van der Waals surface area (Å²) >= 11 is 5.88. The third kappa shape index (κ3) is 7.48. The molecule has 2 rings (SSSR count). The molecule has 1 atom stereocenters. The van der Waals surface area contributed by atoms with E-state index in [2.05, 4.69) is 20.4 Å². The lowest BCUT2D eigenvalue weighted by molar-refractivity contribution is -0.124. The van der Waals surface area contributed by atoms with E-state index >= 15 is 0 Å². The zero-order valence-corrected chi connectivity index (χ0v) is 17.5. The quantitative estimate of drug-likeness (QED) is 0.805. The number of carbonyl (C=O) groups is 2. The molecule has 1 aliphatic heterocycles. The van der Waals surface area contributed by atoms with Crippen LogP contribution in [-0.2, 0) is 9.59 Å². The third-order valence-electron chi connectivity index (χ3n) is 4.54. The van der Waals surface area contributed by atoms with Gasteiger partial charge in [0.25, 0.3) is 0 Å². The summed E-state index contributed by atoms with van der Waals surface area (Å²) in [5, 5.41) is 6.58. The van der Waals surface area contributed by atoms with Crippen LogP contribution in [0.15, 0.2) is 24.3 Å². The topological polar surface area (TPSA) is 64.7 Å². The Hall–Kier alpha value is -1.63. The van der Waals surface area contributed by atoms with Crippen molar-refractivity contribution >= 4 is 29.1 Å². The number of nitrogens with one attached hydrogen (secondary N) is 2. The first-order chi connectivity index (χ1) is 12.6. The Morgan fingerprint density at radius 2 is 1.78 bits per heavy atom. The summed E-state index contributed by atoms with van der Waals surface area (Å²) in [6.45, 7) is 11.5. The van der Waals surface area contributed by atoms with E-state index in [4.69, 9.17) is 11.6 Å². The van der Waals surface area contributed by atoms with Gasteiger partial charge >= 0.3 is 0 Å². The molecule has 27 heavy (non-hydrogen) atoms. The fraction of sp³-hybridized carbons (Fsp3) is 0.600. The second kappa shape index (κ2) is 9.53. The average molecular weight is 395 g/mol. The molecule has 0 saturated carbocycles. The molecule has 0 radical (unpaired) electrons. The van der Waals surface area contributed by atoms with Crippen LogP contribution >= 0.6 is 11.6 Å². The fourth-order valence-corrected chi connectivity index (χ4v) is 3.27. The van der Waals surface area contributed by atoms with E-state index in [0.29, 0.717) is 11.6 Å². The maximum atomic E-state index is 12.6. The monoisotopic (exact) mass is 394 g/mol. The molecule has 1 aromatic rings. The predicted molar refractivity (Wildman–Crippen MR) is 110 cm³/mol. The van der Waals surface area contributed by atoms with Gasteiger partial charge in [-0.3, -0.25) is 19.4 Å². The zero-order chi connectivity index (χ0) is 20.0. The highest BCUT2D eigenvalue weighted by molar-refractivity contribution is 6.30. The van der Waals surface area contributed by atoms with Gasteiger partial charge in [0.15, 0.2) is 0 Å². The minimum absolute atomic E-state index is 0.0313. The molecule has 1 aliphatic rings. The molecule has 1 fully saturated rings. The molecule has 2 amide bonds. The first-order valence-electron chi connectivity index (χ1n) is 9.48. The van der Waals surface area contributed by atoms with E-state index in [1.165, 1.54) is 0 Å². The van der Waals surface area contributed by atoms with Gasteiger partial charge in [0.1, 0.15) is 0 Å². The second-order valence-electron chi connectivity index (χ2n) is 8.14. The Kier molecular flexibility index (Phi) is 7.65. The van der Waals surface area contributed by atoms with Crippen LogP contribution in [0.3, 0.4) is 0 Å². The molecule has 0 spiro atoms. The molecule has 0 aliphatic carbocycles. The van der Waals surface area contributed by atoms with E-state index in [0.717, 1.165) is 38.3 Å². The van der Waals surface area contributed by atoms with Crippen LogP contribution in [0.2, 0.25) is 5.02 Å². The van der Waals surface area contributed by atoms with Crippen molar-refractivity contribution in [1.82, 2.24) is 15.1 Å². The molecular formula is C20H31ClN4O2. The lowest BCUT2D eigenvalue weighted by atomic mass is 10.1. The Bertz CT molecular complexity index is 642. The lowest BCUT2D eigenvalue weighted by Crippen LogP contribution is -2.47. The predicted octanol–water partition coefficient (Wildman–Crippen LogP) is 2.59. The summed E-state index contributed by atoms with van der Waals surface area (Å²) in [4.78, 5) is 29.0. The van der Waals surface area contributed by atoms with Crippen molar-refractivity contribution in [3.05, 3.63) is 29.3 Å². The van der Waals surface area contributed by atoms with Crippen LogP contribution in [0.5, 0.6) is 0 Å². The van der Waals surface area contributed by atoms with Crippen molar-refractivity contribution in [2.45, 2.75) is 45.7 Å². The highest BCUT2D eigenvalue weighted by atomic mass is 35.5. The molecule has 7 heteroatoms. The van der Waals surface area contributed by atoms with Crippen LogP contribution in [0.4, 0.5) is 5.69 Å². The number of hydrogen-bond acceptors (Lipinski definition) is 4. The zero-order valence-electron chi connectivity index (χ0n) is 16.7. The average Bonchev–Trinajstić information content (AvgIpc) is 2.80. The summed E-state index contributed by atoms with van der Waals surface area (Å²) in [7, 11) is 0. The van der Waals surface area contributed by atoms with Crippen molar-refractivity contribution < 1.29 is 9.59 Å². The summed E-state index contributed by atoms with van der Waals surface area (Å²) in [6, 6.07) is 6.88. The van der Waals surface area contributed by atoms with E-state index in [9.17, 15) is 9.59 Å².